The lowest BCUT2D eigenvalue weighted by molar-refractivity contribution is 0.0913. The molecule has 0 atom stereocenters. The summed E-state index contributed by atoms with van der Waals surface area (Å²) in [6, 6.07) is 5.64. The number of Topliss-reactive ketones (excluding diaryl/α,β-unsaturated/α-hetero) is 1. The van der Waals surface area contributed by atoms with E-state index in [1.807, 2.05) is 6.92 Å². The van der Waals surface area contributed by atoms with Gasteiger partial charge in [-0.05, 0) is 30.2 Å². The molecular formula is C17H16F2O4. The van der Waals surface area contributed by atoms with Gasteiger partial charge in [0, 0.05) is 6.07 Å². The number of phenols is 2. The van der Waals surface area contributed by atoms with Gasteiger partial charge in [-0.3, -0.25) is 4.79 Å². The normalized spacial score (nSPS) is 10.6. The first-order valence-corrected chi connectivity index (χ1v) is 7.09. The number of aromatic hydroxyl groups is 2. The van der Waals surface area contributed by atoms with Crippen LogP contribution in [0.1, 0.15) is 29.3 Å². The maximum Gasteiger partial charge on any atom is 0.203 e. The van der Waals surface area contributed by atoms with Crippen LogP contribution < -0.4 is 4.74 Å². The molecule has 2 rings (SSSR count). The van der Waals surface area contributed by atoms with Crippen molar-refractivity contribution < 1.29 is 28.5 Å². The molecule has 4 nitrogen and oxygen atoms in total. The van der Waals surface area contributed by atoms with E-state index in [1.54, 1.807) is 0 Å². The molecular weight excluding hydrogens is 306 g/mol. The highest BCUT2D eigenvalue weighted by Crippen LogP contribution is 2.29. The van der Waals surface area contributed by atoms with E-state index >= 15 is 0 Å². The molecule has 0 aromatic heterocycles. The summed E-state index contributed by atoms with van der Waals surface area (Å²) >= 11 is 0. The maximum atomic E-state index is 13.4. The highest BCUT2D eigenvalue weighted by molar-refractivity contribution is 6.00. The molecule has 0 fully saturated rings. The van der Waals surface area contributed by atoms with Crippen molar-refractivity contribution in [1.82, 2.24) is 0 Å². The predicted molar refractivity (Wildman–Crippen MR) is 80.0 cm³/mol. The Kier molecular flexibility index (Phi) is 5.16. The SMILES string of the molecule is CCCc1cc(C(=O)COc2c(F)cccc2F)c(O)cc1O. The van der Waals surface area contributed by atoms with E-state index in [0.29, 0.717) is 12.0 Å². The summed E-state index contributed by atoms with van der Waals surface area (Å²) in [5.41, 5.74) is 0.439. The molecule has 0 amide bonds. The molecule has 0 saturated heterocycles. The summed E-state index contributed by atoms with van der Waals surface area (Å²) in [6.45, 7) is 1.26. The summed E-state index contributed by atoms with van der Waals surface area (Å²) in [7, 11) is 0. The zero-order valence-corrected chi connectivity index (χ0v) is 12.5. The lowest BCUT2D eigenvalue weighted by Crippen LogP contribution is -2.13. The zero-order chi connectivity index (χ0) is 17.0. The second-order valence-corrected chi connectivity index (χ2v) is 5.01. The summed E-state index contributed by atoms with van der Waals surface area (Å²) < 4.78 is 31.8. The Labute approximate surface area is 132 Å². The van der Waals surface area contributed by atoms with Crippen molar-refractivity contribution in [2.45, 2.75) is 19.8 Å². The van der Waals surface area contributed by atoms with Crippen LogP contribution in [0.2, 0.25) is 0 Å². The maximum absolute atomic E-state index is 13.4. The van der Waals surface area contributed by atoms with Crippen molar-refractivity contribution >= 4 is 5.78 Å². The molecule has 2 aromatic rings. The van der Waals surface area contributed by atoms with Gasteiger partial charge in [0.25, 0.3) is 0 Å². The standard InChI is InChI=1S/C17H16F2O4/c1-2-4-10-7-11(15(21)8-14(10)20)16(22)9-23-17-12(18)5-3-6-13(17)19/h3,5-8,20-21H,2,4,9H2,1H3. The number of aryl methyl sites for hydroxylation is 1. The molecule has 0 spiro atoms. The number of ketones is 1. The lowest BCUT2D eigenvalue weighted by atomic mass is 10.0. The van der Waals surface area contributed by atoms with Gasteiger partial charge in [0.05, 0.1) is 5.56 Å². The van der Waals surface area contributed by atoms with Crippen molar-refractivity contribution in [1.29, 1.82) is 0 Å². The van der Waals surface area contributed by atoms with Crippen LogP contribution in [-0.4, -0.2) is 22.6 Å². The fourth-order valence-corrected chi connectivity index (χ4v) is 2.15. The van der Waals surface area contributed by atoms with Gasteiger partial charge in [0.2, 0.25) is 5.78 Å². The zero-order valence-electron chi connectivity index (χ0n) is 12.5. The Hall–Kier alpha value is -2.63. The highest BCUT2D eigenvalue weighted by Gasteiger charge is 2.17. The van der Waals surface area contributed by atoms with Gasteiger partial charge in [-0.1, -0.05) is 19.4 Å². The van der Waals surface area contributed by atoms with Gasteiger partial charge in [-0.15, -0.1) is 0 Å². The Balaban J connectivity index is 2.19. The van der Waals surface area contributed by atoms with Crippen LogP contribution in [0.4, 0.5) is 8.78 Å². The van der Waals surface area contributed by atoms with Crippen molar-refractivity contribution in [3.63, 3.8) is 0 Å². The molecule has 6 heteroatoms. The van der Waals surface area contributed by atoms with Crippen molar-refractivity contribution in [2.75, 3.05) is 6.61 Å². The fraction of sp³-hybridized carbons (Fsp3) is 0.235. The Morgan fingerprint density at radius 1 is 1.13 bits per heavy atom. The summed E-state index contributed by atoms with van der Waals surface area (Å²) in [4.78, 5) is 12.1. The average Bonchev–Trinajstić information content (AvgIpc) is 2.49. The van der Waals surface area contributed by atoms with E-state index < -0.39 is 35.5 Å². The second kappa shape index (κ2) is 7.09. The van der Waals surface area contributed by atoms with E-state index in [4.69, 9.17) is 4.74 Å². The van der Waals surface area contributed by atoms with Crippen LogP contribution in [-0.2, 0) is 6.42 Å². The first-order valence-electron chi connectivity index (χ1n) is 7.09. The monoisotopic (exact) mass is 322 g/mol. The van der Waals surface area contributed by atoms with Gasteiger partial charge < -0.3 is 14.9 Å². The number of para-hydroxylation sites is 1. The minimum atomic E-state index is -0.917. The quantitative estimate of drug-likeness (QED) is 0.798. The Morgan fingerprint density at radius 3 is 2.39 bits per heavy atom. The number of carbonyl (C=O) groups is 1. The topological polar surface area (TPSA) is 66.8 Å². The van der Waals surface area contributed by atoms with Gasteiger partial charge in [-0.25, -0.2) is 8.78 Å². The van der Waals surface area contributed by atoms with Gasteiger partial charge >= 0.3 is 0 Å². The fourth-order valence-electron chi connectivity index (χ4n) is 2.15. The summed E-state index contributed by atoms with van der Waals surface area (Å²) in [6.07, 6.45) is 1.26. The number of ether oxygens (including phenoxy) is 1. The minimum Gasteiger partial charge on any atom is -0.508 e. The summed E-state index contributed by atoms with van der Waals surface area (Å²) in [5, 5.41) is 19.5. The van der Waals surface area contributed by atoms with Crippen LogP contribution in [0.25, 0.3) is 0 Å². The Morgan fingerprint density at radius 2 is 1.78 bits per heavy atom. The molecule has 0 aliphatic heterocycles. The van der Waals surface area contributed by atoms with Crippen molar-refractivity contribution in [3.05, 3.63) is 53.1 Å². The summed E-state index contributed by atoms with van der Waals surface area (Å²) in [5.74, 6) is -3.65. The Bertz CT molecular complexity index is 709. The number of benzene rings is 2. The molecule has 0 saturated carbocycles. The van der Waals surface area contributed by atoms with Crippen LogP contribution in [0.5, 0.6) is 17.2 Å². The highest BCUT2D eigenvalue weighted by atomic mass is 19.1. The van der Waals surface area contributed by atoms with E-state index in [-0.39, 0.29) is 11.3 Å². The average molecular weight is 322 g/mol. The second-order valence-electron chi connectivity index (χ2n) is 5.01. The van der Waals surface area contributed by atoms with E-state index in [9.17, 15) is 23.8 Å². The number of phenolic OH excluding ortho intramolecular Hbond substituents is 2. The molecule has 0 unspecified atom stereocenters. The molecule has 0 aliphatic carbocycles. The molecule has 0 bridgehead atoms. The van der Waals surface area contributed by atoms with Crippen LogP contribution >= 0.6 is 0 Å². The molecule has 23 heavy (non-hydrogen) atoms. The van der Waals surface area contributed by atoms with Crippen molar-refractivity contribution in [3.8, 4) is 17.2 Å². The predicted octanol–water partition coefficient (Wildman–Crippen LogP) is 3.59. The van der Waals surface area contributed by atoms with Crippen molar-refractivity contribution in [2.24, 2.45) is 0 Å². The third-order valence-electron chi connectivity index (χ3n) is 3.28. The smallest absolute Gasteiger partial charge is 0.203 e. The van der Waals surface area contributed by atoms with Gasteiger partial charge in [0.15, 0.2) is 24.0 Å². The first kappa shape index (κ1) is 16.7. The van der Waals surface area contributed by atoms with Gasteiger partial charge in [0.1, 0.15) is 11.5 Å². The number of halogens is 2. The largest absolute Gasteiger partial charge is 0.508 e. The van der Waals surface area contributed by atoms with Crippen LogP contribution in [0.15, 0.2) is 30.3 Å². The lowest BCUT2D eigenvalue weighted by Gasteiger charge is -2.11. The molecule has 122 valence electrons. The van der Waals surface area contributed by atoms with E-state index in [0.717, 1.165) is 24.6 Å². The third kappa shape index (κ3) is 3.77. The van der Waals surface area contributed by atoms with E-state index in [1.165, 1.54) is 12.1 Å². The van der Waals surface area contributed by atoms with Crippen LogP contribution in [0.3, 0.4) is 0 Å². The molecule has 0 heterocycles. The molecule has 0 aliphatic rings. The van der Waals surface area contributed by atoms with Gasteiger partial charge in [-0.2, -0.15) is 0 Å². The minimum absolute atomic E-state index is 0.0667. The number of rotatable bonds is 6. The number of hydrogen-bond acceptors (Lipinski definition) is 4. The first-order chi connectivity index (χ1) is 10.9. The van der Waals surface area contributed by atoms with E-state index in [2.05, 4.69) is 0 Å². The number of carbonyl (C=O) groups excluding carboxylic acids is 1. The molecule has 0 radical (unpaired) electrons. The molecule has 2 N–H and O–H groups in total. The van der Waals surface area contributed by atoms with Crippen LogP contribution in [0, 0.1) is 11.6 Å². The molecule has 2 aromatic carbocycles. The number of hydrogen-bond donors (Lipinski definition) is 2. The third-order valence-corrected chi connectivity index (χ3v) is 3.28.